The Balaban J connectivity index is 2.31. The molecule has 0 bridgehead atoms. The molecule has 1 heteroatoms. The van der Waals surface area contributed by atoms with Crippen LogP contribution in [0.25, 0.3) is 0 Å². The first kappa shape index (κ1) is 12.3. The maximum Gasteiger partial charge on any atom is 0.0585 e. The Morgan fingerprint density at radius 3 is 2.60 bits per heavy atom. The van der Waals surface area contributed by atoms with E-state index >= 15 is 0 Å². The molecule has 0 fully saturated rings. The highest BCUT2D eigenvalue weighted by molar-refractivity contribution is 6.20. The molecular formula is C14H19Cl. The van der Waals surface area contributed by atoms with Gasteiger partial charge in [0.05, 0.1) is 5.38 Å². The molecule has 1 rings (SSSR count). The molecule has 82 valence electrons. The minimum Gasteiger partial charge on any atom is -0.118 e. The van der Waals surface area contributed by atoms with Crippen LogP contribution in [0.1, 0.15) is 43.5 Å². The van der Waals surface area contributed by atoms with E-state index in [1.54, 1.807) is 0 Å². The summed E-state index contributed by atoms with van der Waals surface area (Å²) >= 11 is 6.30. The second-order valence-electron chi connectivity index (χ2n) is 3.87. The van der Waals surface area contributed by atoms with E-state index < -0.39 is 0 Å². The van der Waals surface area contributed by atoms with Gasteiger partial charge < -0.3 is 0 Å². The van der Waals surface area contributed by atoms with Crippen LogP contribution in [0.3, 0.4) is 0 Å². The van der Waals surface area contributed by atoms with Crippen molar-refractivity contribution in [3.05, 3.63) is 48.0 Å². The Bertz CT molecular complexity index is 289. The average molecular weight is 223 g/mol. The number of hydrogen-bond acceptors (Lipinski definition) is 0. The molecule has 0 amide bonds. The third kappa shape index (κ3) is 4.53. The number of alkyl halides is 1. The van der Waals surface area contributed by atoms with E-state index in [9.17, 15) is 0 Å². The topological polar surface area (TPSA) is 0 Å². The first-order valence-electron chi connectivity index (χ1n) is 5.59. The Morgan fingerprint density at radius 2 is 2.00 bits per heavy atom. The lowest BCUT2D eigenvalue weighted by molar-refractivity contribution is 0.702. The van der Waals surface area contributed by atoms with Gasteiger partial charge in [0.2, 0.25) is 0 Å². The number of hydrogen-bond donors (Lipinski definition) is 0. The first-order chi connectivity index (χ1) is 7.24. The van der Waals surface area contributed by atoms with Gasteiger partial charge in [-0.1, -0.05) is 49.4 Å². The third-order valence-corrected chi connectivity index (χ3v) is 3.12. The zero-order valence-electron chi connectivity index (χ0n) is 9.38. The van der Waals surface area contributed by atoms with Gasteiger partial charge in [0.25, 0.3) is 0 Å². The van der Waals surface area contributed by atoms with Gasteiger partial charge in [-0.2, -0.15) is 0 Å². The van der Waals surface area contributed by atoms with E-state index in [1.807, 2.05) is 18.2 Å². The number of benzene rings is 1. The van der Waals surface area contributed by atoms with Gasteiger partial charge in [0, 0.05) is 0 Å². The SMILES string of the molecule is C=C(CC)CCCC(Cl)c1ccccc1. The molecule has 0 saturated heterocycles. The highest BCUT2D eigenvalue weighted by atomic mass is 35.5. The molecule has 0 aromatic heterocycles. The summed E-state index contributed by atoms with van der Waals surface area (Å²) in [6, 6.07) is 10.3. The van der Waals surface area contributed by atoms with Gasteiger partial charge in [-0.05, 0) is 31.2 Å². The van der Waals surface area contributed by atoms with E-state index in [0.29, 0.717) is 0 Å². The summed E-state index contributed by atoms with van der Waals surface area (Å²) in [7, 11) is 0. The summed E-state index contributed by atoms with van der Waals surface area (Å²) in [5.41, 5.74) is 2.55. The van der Waals surface area contributed by atoms with Crippen LogP contribution in [-0.4, -0.2) is 0 Å². The smallest absolute Gasteiger partial charge is 0.0585 e. The molecule has 1 aromatic carbocycles. The van der Waals surface area contributed by atoms with Gasteiger partial charge in [0.1, 0.15) is 0 Å². The van der Waals surface area contributed by atoms with E-state index in [-0.39, 0.29) is 5.38 Å². The van der Waals surface area contributed by atoms with E-state index in [0.717, 1.165) is 25.7 Å². The van der Waals surface area contributed by atoms with Crippen LogP contribution < -0.4 is 0 Å². The fourth-order valence-corrected chi connectivity index (χ4v) is 1.84. The van der Waals surface area contributed by atoms with Gasteiger partial charge in [-0.15, -0.1) is 11.6 Å². The molecule has 1 unspecified atom stereocenters. The number of halogens is 1. The summed E-state index contributed by atoms with van der Waals surface area (Å²) in [6.07, 6.45) is 4.35. The van der Waals surface area contributed by atoms with Crippen LogP contribution >= 0.6 is 11.6 Å². The minimum atomic E-state index is 0.149. The van der Waals surface area contributed by atoms with Crippen molar-refractivity contribution in [2.75, 3.05) is 0 Å². The second-order valence-corrected chi connectivity index (χ2v) is 4.40. The minimum absolute atomic E-state index is 0.149. The van der Waals surface area contributed by atoms with Gasteiger partial charge in [-0.3, -0.25) is 0 Å². The molecule has 0 nitrogen and oxygen atoms in total. The van der Waals surface area contributed by atoms with E-state index in [1.165, 1.54) is 11.1 Å². The molecule has 15 heavy (non-hydrogen) atoms. The van der Waals surface area contributed by atoms with Crippen LogP contribution in [0, 0.1) is 0 Å². The molecule has 0 aliphatic rings. The number of allylic oxidation sites excluding steroid dienone is 1. The molecule has 1 aromatic rings. The van der Waals surface area contributed by atoms with Crippen molar-refractivity contribution in [3.63, 3.8) is 0 Å². The van der Waals surface area contributed by atoms with Gasteiger partial charge >= 0.3 is 0 Å². The third-order valence-electron chi connectivity index (χ3n) is 2.65. The molecule has 0 radical (unpaired) electrons. The molecule has 0 heterocycles. The molecule has 0 aliphatic carbocycles. The summed E-state index contributed by atoms with van der Waals surface area (Å²) in [5, 5.41) is 0.149. The van der Waals surface area contributed by atoms with Crippen molar-refractivity contribution in [3.8, 4) is 0 Å². The Morgan fingerprint density at radius 1 is 1.33 bits per heavy atom. The van der Waals surface area contributed by atoms with E-state index in [2.05, 4.69) is 25.6 Å². The van der Waals surface area contributed by atoms with E-state index in [4.69, 9.17) is 11.6 Å². The quantitative estimate of drug-likeness (QED) is 0.464. The second kappa shape index (κ2) is 6.68. The van der Waals surface area contributed by atoms with Crippen LogP contribution in [0.15, 0.2) is 42.5 Å². The van der Waals surface area contributed by atoms with Crippen LogP contribution in [0.4, 0.5) is 0 Å². The van der Waals surface area contributed by atoms with Crippen molar-refractivity contribution < 1.29 is 0 Å². The monoisotopic (exact) mass is 222 g/mol. The zero-order chi connectivity index (χ0) is 11.1. The number of rotatable bonds is 6. The highest BCUT2D eigenvalue weighted by Gasteiger charge is 2.06. The maximum atomic E-state index is 6.30. The van der Waals surface area contributed by atoms with Gasteiger partial charge in [0.15, 0.2) is 0 Å². The summed E-state index contributed by atoms with van der Waals surface area (Å²) < 4.78 is 0. The van der Waals surface area contributed by atoms with Crippen LogP contribution in [-0.2, 0) is 0 Å². The molecule has 0 spiro atoms. The molecule has 0 N–H and O–H groups in total. The highest BCUT2D eigenvalue weighted by Crippen LogP contribution is 2.26. The fraction of sp³-hybridized carbons (Fsp3) is 0.429. The lowest BCUT2D eigenvalue weighted by atomic mass is 10.0. The summed E-state index contributed by atoms with van der Waals surface area (Å²) in [4.78, 5) is 0. The fourth-order valence-electron chi connectivity index (χ4n) is 1.54. The Hall–Kier alpha value is -0.750. The predicted octanol–water partition coefficient (Wildman–Crippen LogP) is 5.10. The van der Waals surface area contributed by atoms with Crippen molar-refractivity contribution in [2.24, 2.45) is 0 Å². The summed E-state index contributed by atoms with van der Waals surface area (Å²) in [5.74, 6) is 0. The molecular weight excluding hydrogens is 204 g/mol. The summed E-state index contributed by atoms with van der Waals surface area (Å²) in [6.45, 7) is 6.15. The first-order valence-corrected chi connectivity index (χ1v) is 6.03. The zero-order valence-corrected chi connectivity index (χ0v) is 10.1. The van der Waals surface area contributed by atoms with Crippen molar-refractivity contribution in [2.45, 2.75) is 38.0 Å². The average Bonchev–Trinajstić information content (AvgIpc) is 2.29. The maximum absolute atomic E-state index is 6.30. The standard InChI is InChI=1S/C14H19Cl/c1-3-12(2)8-7-11-14(15)13-9-5-4-6-10-13/h4-6,9-10,14H,2-3,7-8,11H2,1H3. The van der Waals surface area contributed by atoms with Crippen molar-refractivity contribution in [1.82, 2.24) is 0 Å². The van der Waals surface area contributed by atoms with Crippen molar-refractivity contribution >= 4 is 11.6 Å². The normalized spacial score (nSPS) is 12.4. The Labute approximate surface area is 98.0 Å². The largest absolute Gasteiger partial charge is 0.118 e. The molecule has 0 saturated carbocycles. The van der Waals surface area contributed by atoms with Crippen LogP contribution in [0.5, 0.6) is 0 Å². The lowest BCUT2D eigenvalue weighted by Gasteiger charge is -2.09. The lowest BCUT2D eigenvalue weighted by Crippen LogP contribution is -1.91. The van der Waals surface area contributed by atoms with Crippen LogP contribution in [0.2, 0.25) is 0 Å². The molecule has 1 atom stereocenters. The molecule has 0 aliphatic heterocycles. The van der Waals surface area contributed by atoms with Crippen molar-refractivity contribution in [1.29, 1.82) is 0 Å². The predicted molar refractivity (Wildman–Crippen MR) is 68.3 cm³/mol. The Kier molecular flexibility index (Phi) is 5.49. The van der Waals surface area contributed by atoms with Gasteiger partial charge in [-0.25, -0.2) is 0 Å².